The highest BCUT2D eigenvalue weighted by molar-refractivity contribution is 5.93. The van der Waals surface area contributed by atoms with E-state index in [-0.39, 0.29) is 17.6 Å². The minimum atomic E-state index is -0.226. The zero-order valence-electron chi connectivity index (χ0n) is 15.0. The maximum absolute atomic E-state index is 12.3. The van der Waals surface area contributed by atoms with E-state index >= 15 is 0 Å². The summed E-state index contributed by atoms with van der Waals surface area (Å²) in [6.07, 6.45) is 1.74. The van der Waals surface area contributed by atoms with Crippen LogP contribution in [0.5, 0.6) is 0 Å². The standard InChI is InChI=1S/C17H25N5O3/c1-4-22-13(3)14(11-19-22)16-9-15(20-25-16)17(23)18-10-12(2)21-5-7-24-8-6-21/h9,11-12H,4-8,10H2,1-3H3,(H,18,23)/t12-/m0/s1. The smallest absolute Gasteiger partial charge is 0.273 e. The van der Waals surface area contributed by atoms with Gasteiger partial charge in [0.1, 0.15) is 0 Å². The topological polar surface area (TPSA) is 85.4 Å². The van der Waals surface area contributed by atoms with Gasteiger partial charge in [0, 0.05) is 44.0 Å². The Morgan fingerprint density at radius 2 is 2.16 bits per heavy atom. The van der Waals surface area contributed by atoms with E-state index in [2.05, 4.69) is 27.4 Å². The summed E-state index contributed by atoms with van der Waals surface area (Å²) < 4.78 is 12.6. The summed E-state index contributed by atoms with van der Waals surface area (Å²) in [5.74, 6) is 0.333. The van der Waals surface area contributed by atoms with Gasteiger partial charge in [-0.2, -0.15) is 5.10 Å². The summed E-state index contributed by atoms with van der Waals surface area (Å²) >= 11 is 0. The van der Waals surface area contributed by atoms with E-state index in [1.54, 1.807) is 12.3 Å². The molecule has 1 aliphatic rings. The number of rotatable bonds is 6. The van der Waals surface area contributed by atoms with Crippen molar-refractivity contribution in [2.75, 3.05) is 32.8 Å². The molecule has 136 valence electrons. The van der Waals surface area contributed by atoms with Crippen molar-refractivity contribution in [3.8, 4) is 11.3 Å². The first-order valence-corrected chi connectivity index (χ1v) is 8.69. The van der Waals surface area contributed by atoms with E-state index in [9.17, 15) is 4.79 Å². The van der Waals surface area contributed by atoms with E-state index in [1.165, 1.54) is 0 Å². The predicted octanol–water partition coefficient (Wildman–Crippen LogP) is 1.32. The number of amides is 1. The highest BCUT2D eigenvalue weighted by Crippen LogP contribution is 2.23. The Morgan fingerprint density at radius 3 is 2.84 bits per heavy atom. The minimum absolute atomic E-state index is 0.226. The Kier molecular flexibility index (Phi) is 5.50. The Morgan fingerprint density at radius 1 is 1.40 bits per heavy atom. The van der Waals surface area contributed by atoms with Crippen LogP contribution < -0.4 is 5.32 Å². The molecule has 1 amide bonds. The second-order valence-electron chi connectivity index (χ2n) is 6.24. The largest absolute Gasteiger partial charge is 0.379 e. The molecule has 0 spiro atoms. The number of aryl methyl sites for hydroxylation is 1. The zero-order valence-corrected chi connectivity index (χ0v) is 15.0. The molecule has 0 aromatic carbocycles. The van der Waals surface area contributed by atoms with Gasteiger partial charge in [0.15, 0.2) is 11.5 Å². The number of carbonyl (C=O) groups is 1. The van der Waals surface area contributed by atoms with Gasteiger partial charge in [-0.25, -0.2) is 0 Å². The first kappa shape index (κ1) is 17.6. The molecule has 0 unspecified atom stereocenters. The third-order valence-corrected chi connectivity index (χ3v) is 4.64. The summed E-state index contributed by atoms with van der Waals surface area (Å²) in [5.41, 5.74) is 2.13. The van der Waals surface area contributed by atoms with Crippen LogP contribution in [0, 0.1) is 6.92 Å². The van der Waals surface area contributed by atoms with Gasteiger partial charge in [0.05, 0.1) is 25.0 Å². The number of aromatic nitrogens is 3. The van der Waals surface area contributed by atoms with Gasteiger partial charge in [-0.1, -0.05) is 5.16 Å². The average Bonchev–Trinajstić information content (AvgIpc) is 3.26. The monoisotopic (exact) mass is 347 g/mol. The maximum atomic E-state index is 12.3. The SMILES string of the molecule is CCn1ncc(-c2cc(C(=O)NC[C@H](C)N3CCOCC3)no2)c1C. The fraction of sp³-hybridized carbons (Fsp3) is 0.588. The number of morpholine rings is 1. The van der Waals surface area contributed by atoms with Gasteiger partial charge < -0.3 is 14.6 Å². The molecule has 8 heteroatoms. The fourth-order valence-corrected chi connectivity index (χ4v) is 2.99. The van der Waals surface area contributed by atoms with Crippen LogP contribution in [-0.4, -0.2) is 64.6 Å². The van der Waals surface area contributed by atoms with Crippen LogP contribution in [0.1, 0.15) is 30.0 Å². The van der Waals surface area contributed by atoms with E-state index in [1.807, 2.05) is 18.5 Å². The van der Waals surface area contributed by atoms with Gasteiger partial charge in [0.25, 0.3) is 5.91 Å². The van der Waals surface area contributed by atoms with Crippen LogP contribution in [0.15, 0.2) is 16.8 Å². The number of hydrogen-bond donors (Lipinski definition) is 1. The van der Waals surface area contributed by atoms with Crippen LogP contribution in [-0.2, 0) is 11.3 Å². The lowest BCUT2D eigenvalue weighted by molar-refractivity contribution is 0.0204. The summed E-state index contributed by atoms with van der Waals surface area (Å²) in [4.78, 5) is 14.6. The third-order valence-electron chi connectivity index (χ3n) is 4.64. The normalized spacial score (nSPS) is 16.8. The molecular formula is C17H25N5O3. The van der Waals surface area contributed by atoms with Crippen molar-refractivity contribution in [2.45, 2.75) is 33.4 Å². The summed E-state index contributed by atoms with van der Waals surface area (Å²) in [7, 11) is 0. The molecular weight excluding hydrogens is 322 g/mol. The van der Waals surface area contributed by atoms with Crippen LogP contribution in [0.25, 0.3) is 11.3 Å². The molecule has 25 heavy (non-hydrogen) atoms. The van der Waals surface area contributed by atoms with Crippen molar-refractivity contribution in [2.24, 2.45) is 0 Å². The van der Waals surface area contributed by atoms with Crippen molar-refractivity contribution >= 4 is 5.91 Å². The van der Waals surface area contributed by atoms with Crippen molar-refractivity contribution in [1.82, 2.24) is 25.2 Å². The van der Waals surface area contributed by atoms with Gasteiger partial charge in [0.2, 0.25) is 0 Å². The van der Waals surface area contributed by atoms with Gasteiger partial charge >= 0.3 is 0 Å². The Hall–Kier alpha value is -2.19. The molecule has 0 saturated carbocycles. The second kappa shape index (κ2) is 7.79. The first-order valence-electron chi connectivity index (χ1n) is 8.69. The van der Waals surface area contributed by atoms with E-state index in [0.717, 1.165) is 44.1 Å². The highest BCUT2D eigenvalue weighted by Gasteiger charge is 2.20. The minimum Gasteiger partial charge on any atom is -0.379 e. The molecule has 3 heterocycles. The molecule has 3 rings (SSSR count). The van der Waals surface area contributed by atoms with Crippen LogP contribution in [0.2, 0.25) is 0 Å². The lowest BCUT2D eigenvalue weighted by Gasteiger charge is -2.32. The maximum Gasteiger partial charge on any atom is 0.273 e. The van der Waals surface area contributed by atoms with E-state index in [4.69, 9.17) is 9.26 Å². The molecule has 0 bridgehead atoms. The van der Waals surface area contributed by atoms with Crippen molar-refractivity contribution in [3.63, 3.8) is 0 Å². The van der Waals surface area contributed by atoms with Crippen LogP contribution >= 0.6 is 0 Å². The molecule has 0 radical (unpaired) electrons. The van der Waals surface area contributed by atoms with Crippen molar-refractivity contribution < 1.29 is 14.1 Å². The molecule has 2 aromatic rings. The number of nitrogens with one attached hydrogen (secondary N) is 1. The van der Waals surface area contributed by atoms with Gasteiger partial charge in [-0.15, -0.1) is 0 Å². The van der Waals surface area contributed by atoms with Crippen molar-refractivity contribution in [1.29, 1.82) is 0 Å². The number of hydrogen-bond acceptors (Lipinski definition) is 6. The number of nitrogens with zero attached hydrogens (tertiary/aromatic N) is 4. The molecule has 0 aliphatic carbocycles. The highest BCUT2D eigenvalue weighted by atomic mass is 16.5. The van der Waals surface area contributed by atoms with Crippen molar-refractivity contribution in [3.05, 3.63) is 23.7 Å². The molecule has 1 fully saturated rings. The average molecular weight is 347 g/mol. The zero-order chi connectivity index (χ0) is 17.8. The molecule has 2 aromatic heterocycles. The predicted molar refractivity (Wildman–Crippen MR) is 92.3 cm³/mol. The Balaban J connectivity index is 1.59. The number of carbonyl (C=O) groups excluding carboxylic acids is 1. The van der Waals surface area contributed by atoms with Gasteiger partial charge in [-0.05, 0) is 20.8 Å². The molecule has 1 atom stereocenters. The summed E-state index contributed by atoms with van der Waals surface area (Å²) in [6.45, 7) is 10.7. The second-order valence-corrected chi connectivity index (χ2v) is 6.24. The summed E-state index contributed by atoms with van der Waals surface area (Å²) in [6, 6.07) is 1.92. The Labute approximate surface area is 147 Å². The van der Waals surface area contributed by atoms with Crippen LogP contribution in [0.4, 0.5) is 0 Å². The summed E-state index contributed by atoms with van der Waals surface area (Å²) in [5, 5.41) is 11.1. The van der Waals surface area contributed by atoms with Crippen LogP contribution in [0.3, 0.4) is 0 Å². The molecule has 1 saturated heterocycles. The molecule has 1 N–H and O–H groups in total. The van der Waals surface area contributed by atoms with E-state index in [0.29, 0.717) is 12.3 Å². The first-order chi connectivity index (χ1) is 12.1. The third kappa shape index (κ3) is 3.91. The Bertz CT molecular complexity index is 718. The lowest BCUT2D eigenvalue weighted by atomic mass is 10.2. The molecule has 1 aliphatic heterocycles. The van der Waals surface area contributed by atoms with Gasteiger partial charge in [-0.3, -0.25) is 14.4 Å². The lowest BCUT2D eigenvalue weighted by Crippen LogP contribution is -2.47. The quantitative estimate of drug-likeness (QED) is 0.848. The molecule has 8 nitrogen and oxygen atoms in total. The number of ether oxygens (including phenoxy) is 1. The fourth-order valence-electron chi connectivity index (χ4n) is 2.99. The van der Waals surface area contributed by atoms with E-state index < -0.39 is 0 Å².